The average molecular weight is 386 g/mol. The van der Waals surface area contributed by atoms with Crippen LogP contribution in [0, 0.1) is 0 Å². The molecule has 0 aliphatic rings. The summed E-state index contributed by atoms with van der Waals surface area (Å²) in [6.45, 7) is 0.147. The lowest BCUT2D eigenvalue weighted by atomic mass is 10.1. The van der Waals surface area contributed by atoms with E-state index in [9.17, 15) is 4.57 Å². The second-order valence-corrected chi connectivity index (χ2v) is 6.24. The molecule has 1 aromatic rings. The minimum Gasteiger partial charge on any atom is -0.429 e. The molecular weight excluding hydrogens is 371 g/mol. The molecule has 0 amide bonds. The quantitative estimate of drug-likeness (QED) is 0.389. The van der Waals surface area contributed by atoms with Crippen LogP contribution in [0.15, 0.2) is 24.3 Å². The fourth-order valence-electron chi connectivity index (χ4n) is 1.48. The summed E-state index contributed by atoms with van der Waals surface area (Å²) < 4.78 is 25.0. The van der Waals surface area contributed by atoms with E-state index in [2.05, 4.69) is 20.9 Å². The molecule has 8 nitrogen and oxygen atoms in total. The second-order valence-electron chi connectivity index (χ2n) is 3.96. The van der Waals surface area contributed by atoms with Crippen LogP contribution >= 0.6 is 24.4 Å². The number of hydrogen-bond donors (Lipinski definition) is 3. The average Bonchev–Trinajstić information content (AvgIpc) is 2.48. The third-order valence-electron chi connectivity index (χ3n) is 2.49. The van der Waals surface area contributed by atoms with Crippen molar-refractivity contribution in [1.82, 2.24) is 4.90 Å². The van der Waals surface area contributed by atoms with Crippen molar-refractivity contribution in [3.05, 3.63) is 29.8 Å². The summed E-state index contributed by atoms with van der Waals surface area (Å²) in [4.78, 5) is 27.7. The van der Waals surface area contributed by atoms with Crippen molar-refractivity contribution in [3.63, 3.8) is 0 Å². The van der Waals surface area contributed by atoms with Gasteiger partial charge in [0, 0.05) is 11.1 Å². The first-order valence-electron chi connectivity index (χ1n) is 5.92. The number of benzene rings is 1. The van der Waals surface area contributed by atoms with Crippen LogP contribution < -0.4 is 4.52 Å². The maximum Gasteiger partial charge on any atom is 0.696 e. The zero-order valence-electron chi connectivity index (χ0n) is 11.3. The molecule has 0 aliphatic carbocycles. The molecule has 1 atom stereocenters. The molecule has 0 fully saturated rings. The largest absolute Gasteiger partial charge is 0.696 e. The highest BCUT2D eigenvalue weighted by atomic mass is 32.4. The summed E-state index contributed by atoms with van der Waals surface area (Å²) in [7, 11) is -4.81. The molecule has 0 radical (unpaired) electrons. The Bertz CT molecular complexity index is 476. The van der Waals surface area contributed by atoms with Gasteiger partial charge in [-0.05, 0) is 35.9 Å². The van der Waals surface area contributed by atoms with E-state index in [1.54, 1.807) is 12.1 Å². The second kappa shape index (κ2) is 11.4. The standard InChI is InChI=1S/C10H14NO7P3S/c12-20(13)16-7-11(8-17-21(14)15)6-5-9-1-3-10(4-2-9)18-19-22/h1-4,12-13H,5-8H2/p+1. The Morgan fingerprint density at radius 1 is 1.27 bits per heavy atom. The molecule has 0 aliphatic heterocycles. The maximum absolute atomic E-state index is 10.6. The van der Waals surface area contributed by atoms with Crippen molar-refractivity contribution >= 4 is 36.2 Å². The molecule has 122 valence electrons. The van der Waals surface area contributed by atoms with E-state index >= 15 is 0 Å². The van der Waals surface area contributed by atoms with E-state index in [0.717, 1.165) is 5.56 Å². The Morgan fingerprint density at radius 2 is 1.95 bits per heavy atom. The fourth-order valence-corrected chi connectivity index (χ4v) is 2.47. The van der Waals surface area contributed by atoms with Gasteiger partial charge in [0.2, 0.25) is 7.58 Å². The molecule has 22 heavy (non-hydrogen) atoms. The Balaban J connectivity index is 2.49. The van der Waals surface area contributed by atoms with E-state index in [4.69, 9.17) is 19.2 Å². The van der Waals surface area contributed by atoms with Gasteiger partial charge in [-0.3, -0.25) is 9.42 Å². The monoisotopic (exact) mass is 386 g/mol. The molecule has 12 heteroatoms. The summed E-state index contributed by atoms with van der Waals surface area (Å²) in [5.41, 5.74) is 1.00. The van der Waals surface area contributed by atoms with E-state index in [0.29, 0.717) is 26.3 Å². The molecule has 3 N–H and O–H groups in total. The van der Waals surface area contributed by atoms with Gasteiger partial charge < -0.3 is 14.3 Å². The van der Waals surface area contributed by atoms with Gasteiger partial charge in [0.15, 0.2) is 6.73 Å². The van der Waals surface area contributed by atoms with Crippen molar-refractivity contribution in [2.24, 2.45) is 0 Å². The fraction of sp³-hybridized carbons (Fsp3) is 0.400. The predicted octanol–water partition coefficient (Wildman–Crippen LogP) is 2.04. The van der Waals surface area contributed by atoms with Gasteiger partial charge in [0.25, 0.3) is 0 Å². The molecule has 1 rings (SSSR count). The van der Waals surface area contributed by atoms with Gasteiger partial charge >= 0.3 is 16.9 Å². The molecule has 1 unspecified atom stereocenters. The van der Waals surface area contributed by atoms with E-state index in [1.165, 1.54) is 4.90 Å². The highest BCUT2D eigenvalue weighted by molar-refractivity contribution is 7.94. The topological polar surface area (TPSA) is 109 Å². The normalized spacial score (nSPS) is 12.1. The maximum atomic E-state index is 10.6. The van der Waals surface area contributed by atoms with Crippen LogP contribution in [0.1, 0.15) is 5.56 Å². The Morgan fingerprint density at radius 3 is 2.50 bits per heavy atom. The third kappa shape index (κ3) is 9.08. The van der Waals surface area contributed by atoms with Crippen molar-refractivity contribution in [1.29, 1.82) is 0 Å². The van der Waals surface area contributed by atoms with Gasteiger partial charge in [-0.15, -0.1) is 9.42 Å². The third-order valence-corrected chi connectivity index (χ3v) is 3.68. The van der Waals surface area contributed by atoms with Crippen LogP contribution in [0.25, 0.3) is 0 Å². The minimum atomic E-state index is -2.73. The summed E-state index contributed by atoms with van der Waals surface area (Å²) >= 11 is 4.68. The lowest BCUT2D eigenvalue weighted by Gasteiger charge is -2.19. The Labute approximate surface area is 136 Å². The van der Waals surface area contributed by atoms with Crippen LogP contribution in [0.5, 0.6) is 5.75 Å². The van der Waals surface area contributed by atoms with Crippen LogP contribution in [0.3, 0.4) is 0 Å². The summed E-state index contributed by atoms with van der Waals surface area (Å²) in [5.74, 6) is 0.674. The number of hydrogen-bond acceptors (Lipinski definition) is 8. The van der Waals surface area contributed by atoms with Gasteiger partial charge in [-0.2, -0.15) is 0 Å². The molecule has 1 aromatic carbocycles. The first kappa shape index (κ1) is 19.9. The Hall–Kier alpha value is -0.170. The van der Waals surface area contributed by atoms with Crippen molar-refractivity contribution < 1.29 is 32.8 Å². The molecule has 0 heterocycles. The molecule has 0 bridgehead atoms. The Kier molecular flexibility index (Phi) is 10.3. The van der Waals surface area contributed by atoms with Crippen LogP contribution in [-0.2, 0) is 31.8 Å². The molecule has 0 aromatic heterocycles. The van der Waals surface area contributed by atoms with E-state index in [-0.39, 0.29) is 13.5 Å². The zero-order valence-corrected chi connectivity index (χ0v) is 14.8. The summed E-state index contributed by atoms with van der Waals surface area (Å²) in [6, 6.07) is 7.31. The van der Waals surface area contributed by atoms with Crippen LogP contribution in [0.4, 0.5) is 0 Å². The number of nitrogens with zero attached hydrogens (tertiary/aromatic N) is 1. The zero-order chi connectivity index (χ0) is 16.4. The lowest BCUT2D eigenvalue weighted by Crippen LogP contribution is -2.29. The molecule has 0 saturated carbocycles. The number of rotatable bonds is 11. The minimum absolute atomic E-state index is 0.127. The molecule has 0 spiro atoms. The first-order valence-corrected chi connectivity index (χ1v) is 10.0. The van der Waals surface area contributed by atoms with Crippen LogP contribution in [0.2, 0.25) is 0 Å². The predicted molar refractivity (Wildman–Crippen MR) is 84.9 cm³/mol. The SMILES string of the molecule is O=[P+](O)OCN(CCc1ccc(OP=S)cc1)COP(O)O. The lowest BCUT2D eigenvalue weighted by molar-refractivity contribution is 0.0471. The van der Waals surface area contributed by atoms with E-state index in [1.807, 2.05) is 12.1 Å². The first-order chi connectivity index (χ1) is 10.5. The van der Waals surface area contributed by atoms with Gasteiger partial charge in [0.05, 0.1) is 0 Å². The van der Waals surface area contributed by atoms with Gasteiger partial charge in [0.1, 0.15) is 12.5 Å². The van der Waals surface area contributed by atoms with Crippen molar-refractivity contribution in [2.45, 2.75) is 6.42 Å². The highest BCUT2D eigenvalue weighted by Crippen LogP contribution is 2.25. The molecular formula is C10H15NO7P3S+. The molecule has 0 saturated heterocycles. The van der Waals surface area contributed by atoms with Crippen molar-refractivity contribution in [3.8, 4) is 5.75 Å². The van der Waals surface area contributed by atoms with E-state index < -0.39 is 16.9 Å². The van der Waals surface area contributed by atoms with Crippen LogP contribution in [-0.4, -0.2) is 39.6 Å². The smallest absolute Gasteiger partial charge is 0.429 e. The summed E-state index contributed by atoms with van der Waals surface area (Å²) in [6.07, 6.45) is 0.607. The highest BCUT2D eigenvalue weighted by Gasteiger charge is 2.17. The van der Waals surface area contributed by atoms with Crippen molar-refractivity contribution in [2.75, 3.05) is 20.0 Å². The summed E-state index contributed by atoms with van der Waals surface area (Å²) in [5, 5.41) is 0. The van der Waals surface area contributed by atoms with Gasteiger partial charge in [-0.1, -0.05) is 12.1 Å². The van der Waals surface area contributed by atoms with Gasteiger partial charge in [-0.25, -0.2) is 0 Å².